The number of pyridine rings is 1. The van der Waals surface area contributed by atoms with Gasteiger partial charge in [0, 0.05) is 68.7 Å². The van der Waals surface area contributed by atoms with Crippen LogP contribution < -0.4 is 11.5 Å². The number of halogens is 2. The summed E-state index contributed by atoms with van der Waals surface area (Å²) in [5, 5.41) is 0.813. The Morgan fingerprint density at radius 3 is 2.50 bits per heavy atom. The van der Waals surface area contributed by atoms with Crippen molar-refractivity contribution < 1.29 is 13.6 Å². The van der Waals surface area contributed by atoms with Crippen LogP contribution >= 0.6 is 0 Å². The highest BCUT2D eigenvalue weighted by atomic mass is 19.1. The van der Waals surface area contributed by atoms with Gasteiger partial charge in [0.25, 0.3) is 5.91 Å². The van der Waals surface area contributed by atoms with E-state index in [1.807, 2.05) is 24.3 Å². The van der Waals surface area contributed by atoms with Crippen LogP contribution in [0.4, 0.5) is 8.78 Å². The van der Waals surface area contributed by atoms with Gasteiger partial charge in [-0.15, -0.1) is 0 Å². The van der Waals surface area contributed by atoms with Gasteiger partial charge in [0.15, 0.2) is 5.67 Å². The lowest BCUT2D eigenvalue weighted by Gasteiger charge is -2.41. The summed E-state index contributed by atoms with van der Waals surface area (Å²) in [5.41, 5.74) is 12.8. The van der Waals surface area contributed by atoms with E-state index in [9.17, 15) is 9.18 Å². The zero-order chi connectivity index (χ0) is 26.7. The number of hydrogen-bond acceptors (Lipinski definition) is 5. The lowest BCUT2D eigenvalue weighted by molar-refractivity contribution is -0.148. The summed E-state index contributed by atoms with van der Waals surface area (Å²) < 4.78 is 32.1. The number of benzene rings is 1. The molecule has 4 heterocycles. The van der Waals surface area contributed by atoms with Gasteiger partial charge in [-0.1, -0.05) is 6.07 Å². The normalized spacial score (nSPS) is 19.4. The molecule has 5 rings (SSSR count). The third kappa shape index (κ3) is 5.15. The highest BCUT2D eigenvalue weighted by Gasteiger charge is 2.45. The molecule has 2 aromatic heterocycles. The second-order valence-electron chi connectivity index (χ2n) is 10.2. The highest BCUT2D eigenvalue weighted by Crippen LogP contribution is 2.37. The molecular weight excluding hydrogens is 486 g/mol. The minimum absolute atomic E-state index is 0.0912. The molecule has 2 fully saturated rings. The van der Waals surface area contributed by atoms with Crippen LogP contribution in [0.3, 0.4) is 0 Å². The molecule has 0 atom stereocenters. The molecule has 0 aliphatic carbocycles. The number of likely N-dealkylation sites (tertiary alicyclic amines) is 2. The maximum Gasteiger partial charge on any atom is 0.260 e. The fourth-order valence-corrected chi connectivity index (χ4v) is 5.74. The molecule has 3 aromatic rings. The van der Waals surface area contributed by atoms with Gasteiger partial charge in [-0.2, -0.15) is 0 Å². The van der Waals surface area contributed by atoms with Crippen molar-refractivity contribution in [2.24, 2.45) is 11.5 Å². The van der Waals surface area contributed by atoms with E-state index in [0.29, 0.717) is 45.6 Å². The first-order valence-electron chi connectivity index (χ1n) is 13.1. The van der Waals surface area contributed by atoms with Crippen molar-refractivity contribution >= 4 is 16.8 Å². The van der Waals surface area contributed by atoms with E-state index in [0.717, 1.165) is 27.9 Å². The Morgan fingerprint density at radius 2 is 1.84 bits per heavy atom. The number of alkyl halides is 1. The third-order valence-corrected chi connectivity index (χ3v) is 7.81. The number of carbonyl (C=O) groups is 1. The number of hydrogen-bond donors (Lipinski definition) is 2. The summed E-state index contributed by atoms with van der Waals surface area (Å²) in [6, 6.07) is 12.6. The van der Waals surface area contributed by atoms with Crippen molar-refractivity contribution in [2.45, 2.75) is 37.4 Å². The van der Waals surface area contributed by atoms with Crippen LogP contribution in [0.5, 0.6) is 0 Å². The van der Waals surface area contributed by atoms with Gasteiger partial charge in [-0.3, -0.25) is 14.7 Å². The molecule has 38 heavy (non-hydrogen) atoms. The molecule has 0 spiro atoms. The predicted octanol–water partition coefficient (Wildman–Crippen LogP) is 4.13. The maximum atomic E-state index is 15.9. The van der Waals surface area contributed by atoms with Crippen molar-refractivity contribution in [3.05, 3.63) is 78.5 Å². The minimum Gasteiger partial charge on any atom is -0.405 e. The molecule has 4 N–H and O–H groups in total. The zero-order valence-corrected chi connectivity index (χ0v) is 21.4. The fraction of sp³-hybridized carbons (Fsp3) is 0.379. The van der Waals surface area contributed by atoms with E-state index < -0.39 is 11.6 Å². The smallest absolute Gasteiger partial charge is 0.260 e. The molecule has 9 heteroatoms. The van der Waals surface area contributed by atoms with Crippen LogP contribution in [-0.2, 0) is 4.79 Å². The number of carbonyl (C=O) groups excluding carboxylic acids is 1. The first-order chi connectivity index (χ1) is 18.4. The Balaban J connectivity index is 1.27. The summed E-state index contributed by atoms with van der Waals surface area (Å²) in [6.45, 7) is 2.49. The van der Waals surface area contributed by atoms with Gasteiger partial charge in [-0.05, 0) is 73.3 Å². The Morgan fingerprint density at radius 1 is 1.08 bits per heavy atom. The molecule has 200 valence electrons. The van der Waals surface area contributed by atoms with Gasteiger partial charge < -0.3 is 20.9 Å². The molecule has 0 radical (unpaired) electrons. The molecule has 2 aliphatic heterocycles. The van der Waals surface area contributed by atoms with Crippen molar-refractivity contribution in [2.75, 3.05) is 32.7 Å². The number of amides is 1. The van der Waals surface area contributed by atoms with E-state index in [1.54, 1.807) is 23.2 Å². The molecule has 7 nitrogen and oxygen atoms in total. The SMILES string of the molecule is N/C=C\C(=C/N)CN1CCC(F)(C(=O)N2CCC(n3c(-c4ccccn4)cc4cc(F)ccc43)CC2)CC1. The molecule has 2 saturated heterocycles. The largest absolute Gasteiger partial charge is 0.405 e. The van der Waals surface area contributed by atoms with Crippen molar-refractivity contribution in [1.29, 1.82) is 0 Å². The third-order valence-electron chi connectivity index (χ3n) is 7.81. The minimum atomic E-state index is -1.85. The van der Waals surface area contributed by atoms with Gasteiger partial charge in [0.1, 0.15) is 5.82 Å². The summed E-state index contributed by atoms with van der Waals surface area (Å²) in [5.74, 6) is -0.690. The standard InChI is InChI=1S/C29H34F2N6O/c30-23-4-5-26-22(17-23)18-27(25-3-1-2-12-34-25)37(26)24-7-13-36(14-8-24)28(38)29(31)9-15-35(16-10-29)20-21(19-33)6-11-32/h1-6,11-12,17-19,24H,7-10,13-16,20,32-33H2/b11-6-,21-19+. The Bertz CT molecular complexity index is 1340. The molecule has 0 unspecified atom stereocenters. The summed E-state index contributed by atoms with van der Waals surface area (Å²) in [4.78, 5) is 21.6. The number of piperidine rings is 2. The van der Waals surface area contributed by atoms with Crippen LogP contribution in [0, 0.1) is 5.82 Å². The Labute approximate surface area is 221 Å². The van der Waals surface area contributed by atoms with Crippen molar-refractivity contribution in [3.63, 3.8) is 0 Å². The van der Waals surface area contributed by atoms with E-state index in [1.165, 1.54) is 24.5 Å². The number of aromatic nitrogens is 2. The lowest BCUT2D eigenvalue weighted by atomic mass is 9.90. The van der Waals surface area contributed by atoms with E-state index in [-0.39, 0.29) is 24.7 Å². The quantitative estimate of drug-likeness (QED) is 0.477. The van der Waals surface area contributed by atoms with Gasteiger partial charge in [0.05, 0.1) is 11.4 Å². The number of rotatable bonds is 6. The van der Waals surface area contributed by atoms with Crippen LogP contribution in [0.25, 0.3) is 22.3 Å². The average molecular weight is 521 g/mol. The number of nitrogens with two attached hydrogens (primary N) is 2. The number of nitrogens with zero attached hydrogens (tertiary/aromatic N) is 4. The number of fused-ring (bicyclic) bond motifs is 1. The first kappa shape index (κ1) is 25.9. The highest BCUT2D eigenvalue weighted by molar-refractivity contribution is 5.87. The van der Waals surface area contributed by atoms with Gasteiger partial charge >= 0.3 is 0 Å². The maximum absolute atomic E-state index is 15.9. The average Bonchev–Trinajstić information content (AvgIpc) is 3.32. The summed E-state index contributed by atoms with van der Waals surface area (Å²) >= 11 is 0. The van der Waals surface area contributed by atoms with Gasteiger partial charge in [0.2, 0.25) is 0 Å². The van der Waals surface area contributed by atoms with E-state index in [2.05, 4.69) is 14.5 Å². The van der Waals surface area contributed by atoms with Crippen LogP contribution in [0.1, 0.15) is 31.7 Å². The van der Waals surface area contributed by atoms with Gasteiger partial charge in [-0.25, -0.2) is 8.78 Å². The molecule has 2 aliphatic rings. The fourth-order valence-electron chi connectivity index (χ4n) is 5.74. The molecule has 1 aromatic carbocycles. The van der Waals surface area contributed by atoms with Crippen LogP contribution in [0.2, 0.25) is 0 Å². The predicted molar refractivity (Wildman–Crippen MR) is 145 cm³/mol. The Kier molecular flexibility index (Phi) is 7.46. The van der Waals surface area contributed by atoms with E-state index in [4.69, 9.17) is 11.5 Å². The van der Waals surface area contributed by atoms with E-state index >= 15 is 4.39 Å². The summed E-state index contributed by atoms with van der Waals surface area (Å²) in [7, 11) is 0. The molecule has 0 bridgehead atoms. The second kappa shape index (κ2) is 10.9. The lowest BCUT2D eigenvalue weighted by Crippen LogP contribution is -2.54. The zero-order valence-electron chi connectivity index (χ0n) is 21.4. The molecular formula is C29H34F2N6O. The van der Waals surface area contributed by atoms with Crippen LogP contribution in [0.15, 0.2) is 72.7 Å². The van der Waals surface area contributed by atoms with Crippen LogP contribution in [-0.4, -0.2) is 63.7 Å². The Hall–Kier alpha value is -3.72. The topological polar surface area (TPSA) is 93.4 Å². The second-order valence-corrected chi connectivity index (χ2v) is 10.2. The molecule has 0 saturated carbocycles. The summed E-state index contributed by atoms with van der Waals surface area (Å²) in [6.07, 6.45) is 8.10. The monoisotopic (exact) mass is 520 g/mol. The van der Waals surface area contributed by atoms with Crippen molar-refractivity contribution in [3.8, 4) is 11.4 Å². The molecule has 1 amide bonds. The first-order valence-corrected chi connectivity index (χ1v) is 13.1. The van der Waals surface area contributed by atoms with Crippen molar-refractivity contribution in [1.82, 2.24) is 19.4 Å².